The summed E-state index contributed by atoms with van der Waals surface area (Å²) >= 11 is 14.5. The molecule has 282 valence electrons. The van der Waals surface area contributed by atoms with Gasteiger partial charge < -0.3 is 20.8 Å². The Morgan fingerprint density at radius 3 is 1.55 bits per heavy atom. The molecule has 2 aromatic heterocycles. The van der Waals surface area contributed by atoms with Crippen LogP contribution in [0.1, 0.15) is 24.0 Å². The van der Waals surface area contributed by atoms with E-state index in [9.17, 15) is 23.6 Å². The number of hydrogen-bond acceptors (Lipinski definition) is 8. The van der Waals surface area contributed by atoms with Gasteiger partial charge in [-0.05, 0) is 54.3 Å². The molecule has 10 nitrogen and oxygen atoms in total. The van der Waals surface area contributed by atoms with Crippen molar-refractivity contribution in [3.05, 3.63) is 141 Å². The van der Waals surface area contributed by atoms with Gasteiger partial charge in [-0.3, -0.25) is 19.2 Å². The van der Waals surface area contributed by atoms with E-state index >= 15 is 0 Å². The van der Waals surface area contributed by atoms with Gasteiger partial charge >= 0.3 is 11.9 Å². The van der Waals surface area contributed by atoms with Crippen molar-refractivity contribution in [1.29, 1.82) is 0 Å². The Kier molecular flexibility index (Phi) is 14.6. The molecule has 15 heteroatoms. The zero-order chi connectivity index (χ0) is 39.3. The summed E-state index contributed by atoms with van der Waals surface area (Å²) in [6.07, 6.45) is 0.0962. The van der Waals surface area contributed by atoms with E-state index in [4.69, 9.17) is 33.4 Å². The predicted octanol–water partition coefficient (Wildman–Crippen LogP) is 9.61. The topological polar surface area (TPSA) is 159 Å². The van der Waals surface area contributed by atoms with Crippen LogP contribution in [0.3, 0.4) is 0 Å². The Labute approximate surface area is 333 Å². The predicted molar refractivity (Wildman–Crippen MR) is 214 cm³/mol. The van der Waals surface area contributed by atoms with Gasteiger partial charge in [0.25, 0.3) is 0 Å². The van der Waals surface area contributed by atoms with Crippen LogP contribution in [0.25, 0.3) is 22.5 Å². The van der Waals surface area contributed by atoms with Crippen LogP contribution in [0.15, 0.2) is 114 Å². The van der Waals surface area contributed by atoms with Crippen LogP contribution < -0.4 is 10.6 Å². The van der Waals surface area contributed by atoms with Crippen molar-refractivity contribution in [2.75, 3.05) is 10.6 Å². The standard InChI is InChI=1S/C20H16Cl2N2O3S.C20H17FN2O3S/c21-14-6-7-15(16(22)10-14)17-11-28-20(23-17)24-19(27)13(9-18(25)26)8-12-4-2-1-3-5-12;21-16-9-5-4-8-15(16)17-12-27-20(22-17)23-19(26)14(11-18(24)25)10-13-6-2-1-3-7-13/h1-7,10-11,13H,8-9H2,(H,25,26)(H,23,24,27);1-9,12,14H,10-11H2,(H,24,25)(H,22,23,26)/t13-;14-/m11/s1. The lowest BCUT2D eigenvalue weighted by atomic mass is 9.95. The third-order valence-corrected chi connectivity index (χ3v) is 10.1. The van der Waals surface area contributed by atoms with Gasteiger partial charge in [0.2, 0.25) is 11.8 Å². The third-order valence-electron chi connectivity index (χ3n) is 8.06. The fourth-order valence-electron chi connectivity index (χ4n) is 5.42. The average Bonchev–Trinajstić information content (AvgIpc) is 3.82. The maximum absolute atomic E-state index is 13.9. The lowest BCUT2D eigenvalue weighted by Crippen LogP contribution is -2.27. The number of aromatic nitrogens is 2. The number of carboxylic acids is 2. The molecule has 0 radical (unpaired) electrons. The molecule has 55 heavy (non-hydrogen) atoms. The van der Waals surface area contributed by atoms with Crippen LogP contribution >= 0.6 is 45.9 Å². The molecule has 0 aliphatic rings. The number of carbonyl (C=O) groups is 4. The fourth-order valence-corrected chi connectivity index (χ4v) is 7.36. The van der Waals surface area contributed by atoms with Gasteiger partial charge in [0.15, 0.2) is 10.3 Å². The van der Waals surface area contributed by atoms with Crippen molar-refractivity contribution in [3.63, 3.8) is 0 Å². The van der Waals surface area contributed by atoms with E-state index in [1.807, 2.05) is 60.7 Å². The largest absolute Gasteiger partial charge is 0.481 e. The molecule has 4 aromatic carbocycles. The van der Waals surface area contributed by atoms with Gasteiger partial charge in [-0.25, -0.2) is 14.4 Å². The van der Waals surface area contributed by atoms with Gasteiger partial charge in [0.05, 0.1) is 41.1 Å². The summed E-state index contributed by atoms with van der Waals surface area (Å²) in [6.45, 7) is 0. The molecule has 0 saturated heterocycles. The third kappa shape index (κ3) is 12.3. The first-order chi connectivity index (χ1) is 26.4. The summed E-state index contributed by atoms with van der Waals surface area (Å²) in [4.78, 5) is 56.2. The zero-order valence-electron chi connectivity index (χ0n) is 28.8. The fraction of sp³-hybridized carbons (Fsp3) is 0.150. The molecular formula is C40H33Cl2FN4O6S2. The molecule has 6 rings (SSSR count). The summed E-state index contributed by atoms with van der Waals surface area (Å²) < 4.78 is 13.9. The number of anilines is 2. The quantitative estimate of drug-likeness (QED) is 0.0846. The van der Waals surface area contributed by atoms with Crippen molar-refractivity contribution in [2.45, 2.75) is 25.7 Å². The first kappa shape index (κ1) is 40.7. The van der Waals surface area contributed by atoms with Gasteiger partial charge in [0, 0.05) is 26.9 Å². The van der Waals surface area contributed by atoms with E-state index in [-0.39, 0.29) is 18.7 Å². The number of carboxylic acid groups (broad SMARTS) is 2. The molecule has 0 unspecified atom stereocenters. The molecule has 0 bridgehead atoms. The number of nitrogens with one attached hydrogen (secondary N) is 2. The van der Waals surface area contributed by atoms with Gasteiger partial charge in [-0.15, -0.1) is 22.7 Å². The highest BCUT2D eigenvalue weighted by Gasteiger charge is 2.25. The first-order valence-corrected chi connectivity index (χ1v) is 19.2. The number of nitrogens with zero attached hydrogens (tertiary/aromatic N) is 2. The monoisotopic (exact) mass is 818 g/mol. The second kappa shape index (κ2) is 19.7. The summed E-state index contributed by atoms with van der Waals surface area (Å²) in [5.41, 5.74) is 3.86. The number of aliphatic carboxylic acids is 2. The number of thiazole rings is 2. The molecule has 0 aliphatic heterocycles. The minimum atomic E-state index is -1.04. The molecule has 0 saturated carbocycles. The molecule has 0 fully saturated rings. The molecule has 6 aromatic rings. The Bertz CT molecular complexity index is 2250. The maximum atomic E-state index is 13.9. The Morgan fingerprint density at radius 2 is 1.09 bits per heavy atom. The Balaban J connectivity index is 0.000000211. The van der Waals surface area contributed by atoms with Crippen LogP contribution in [0, 0.1) is 17.7 Å². The maximum Gasteiger partial charge on any atom is 0.304 e. The van der Waals surface area contributed by atoms with E-state index in [0.29, 0.717) is 55.7 Å². The number of benzene rings is 4. The molecule has 2 heterocycles. The van der Waals surface area contributed by atoms with E-state index in [0.717, 1.165) is 11.1 Å². The van der Waals surface area contributed by atoms with Gasteiger partial charge in [-0.2, -0.15) is 0 Å². The first-order valence-electron chi connectivity index (χ1n) is 16.7. The summed E-state index contributed by atoms with van der Waals surface area (Å²) in [5.74, 6) is -4.70. The van der Waals surface area contributed by atoms with Crippen molar-refractivity contribution < 1.29 is 33.8 Å². The van der Waals surface area contributed by atoms with Crippen molar-refractivity contribution in [2.24, 2.45) is 11.8 Å². The molecule has 0 aliphatic carbocycles. The van der Waals surface area contributed by atoms with E-state index in [1.165, 1.54) is 28.7 Å². The highest BCUT2D eigenvalue weighted by molar-refractivity contribution is 7.14. The van der Waals surface area contributed by atoms with Gasteiger partial charge in [-0.1, -0.05) is 96.0 Å². The summed E-state index contributed by atoms with van der Waals surface area (Å²) in [6, 6.07) is 29.9. The number of hydrogen-bond donors (Lipinski definition) is 4. The number of amides is 2. The van der Waals surface area contributed by atoms with Crippen LogP contribution in [0.4, 0.5) is 14.7 Å². The number of rotatable bonds is 14. The van der Waals surface area contributed by atoms with Crippen molar-refractivity contribution in [1.82, 2.24) is 9.97 Å². The Morgan fingerprint density at radius 1 is 0.636 bits per heavy atom. The lowest BCUT2D eigenvalue weighted by Gasteiger charge is -2.14. The smallest absolute Gasteiger partial charge is 0.304 e. The highest BCUT2D eigenvalue weighted by Crippen LogP contribution is 2.33. The molecule has 4 N–H and O–H groups in total. The number of halogens is 3. The van der Waals surface area contributed by atoms with Crippen LogP contribution in [0.2, 0.25) is 10.0 Å². The second-order valence-corrected chi connectivity index (χ2v) is 14.7. The van der Waals surface area contributed by atoms with E-state index < -0.39 is 35.5 Å². The minimum Gasteiger partial charge on any atom is -0.481 e. The minimum absolute atomic E-state index is 0.262. The Hall–Kier alpha value is -5.47. The normalized spacial score (nSPS) is 11.8. The average molecular weight is 820 g/mol. The highest BCUT2D eigenvalue weighted by atomic mass is 35.5. The summed E-state index contributed by atoms with van der Waals surface area (Å²) in [7, 11) is 0. The molecular weight excluding hydrogens is 786 g/mol. The number of carbonyl (C=O) groups excluding carboxylic acids is 2. The zero-order valence-corrected chi connectivity index (χ0v) is 32.0. The van der Waals surface area contributed by atoms with E-state index in [1.54, 1.807) is 47.2 Å². The summed E-state index contributed by atoms with van der Waals surface area (Å²) in [5, 5.41) is 28.8. The van der Waals surface area contributed by atoms with Crippen molar-refractivity contribution in [3.8, 4) is 22.5 Å². The van der Waals surface area contributed by atoms with E-state index in [2.05, 4.69) is 20.6 Å². The molecule has 0 spiro atoms. The van der Waals surface area contributed by atoms with Crippen LogP contribution in [-0.2, 0) is 32.0 Å². The molecule has 2 atom stereocenters. The SMILES string of the molecule is O=C(O)C[C@@H](Cc1ccccc1)C(=O)Nc1nc(-c2ccc(Cl)cc2Cl)cs1.O=C(O)C[C@@H](Cc1ccccc1)C(=O)Nc1nc(-c2ccccc2F)cs1. The molecule has 2 amide bonds. The van der Waals surface area contributed by atoms with Crippen LogP contribution in [0.5, 0.6) is 0 Å². The van der Waals surface area contributed by atoms with Crippen molar-refractivity contribution >= 4 is 79.9 Å². The van der Waals surface area contributed by atoms with Crippen LogP contribution in [-0.4, -0.2) is 43.9 Å². The second-order valence-electron chi connectivity index (χ2n) is 12.1. The lowest BCUT2D eigenvalue weighted by molar-refractivity contribution is -0.140. The van der Waals surface area contributed by atoms with Gasteiger partial charge in [0.1, 0.15) is 5.82 Å².